The molecule has 0 atom stereocenters. The summed E-state index contributed by atoms with van der Waals surface area (Å²) in [5, 5.41) is 11.4. The van der Waals surface area contributed by atoms with E-state index in [0.717, 1.165) is 12.1 Å². The molecule has 1 aromatic rings. The molecule has 0 fully saturated rings. The molecule has 16 heavy (non-hydrogen) atoms. The third-order valence-electron chi connectivity index (χ3n) is 2.20. The number of rotatable bonds is 5. The number of hydrogen-bond donors (Lipinski definition) is 2. The molecule has 0 saturated carbocycles. The van der Waals surface area contributed by atoms with Gasteiger partial charge in [-0.25, -0.2) is 9.97 Å². The van der Waals surface area contributed by atoms with Gasteiger partial charge in [0.05, 0.1) is 0 Å². The van der Waals surface area contributed by atoms with Gasteiger partial charge in [-0.05, 0) is 19.4 Å². The minimum Gasteiger partial charge on any atom is -0.409 e. The molecule has 0 aromatic carbocycles. The van der Waals surface area contributed by atoms with Gasteiger partial charge in [-0.2, -0.15) is 0 Å². The van der Waals surface area contributed by atoms with Crippen LogP contribution in [-0.2, 0) is 0 Å². The first-order valence-corrected chi connectivity index (χ1v) is 5.17. The van der Waals surface area contributed by atoms with Crippen molar-refractivity contribution in [1.29, 1.82) is 0 Å². The Kier molecular flexibility index (Phi) is 4.50. The molecule has 0 bridgehead atoms. The summed E-state index contributed by atoms with van der Waals surface area (Å²) in [6.45, 7) is 5.36. The number of amidine groups is 1. The first-order valence-electron chi connectivity index (χ1n) is 5.17. The molecule has 0 aliphatic heterocycles. The molecule has 88 valence electrons. The Bertz CT molecular complexity index is 349. The average molecular weight is 223 g/mol. The van der Waals surface area contributed by atoms with Gasteiger partial charge in [-0.15, -0.1) is 0 Å². The van der Waals surface area contributed by atoms with Crippen LogP contribution in [0.1, 0.15) is 18.9 Å². The summed E-state index contributed by atoms with van der Waals surface area (Å²) in [6, 6.07) is 0. The second kappa shape index (κ2) is 5.89. The van der Waals surface area contributed by atoms with Gasteiger partial charge in [0.25, 0.3) is 0 Å². The molecule has 1 aromatic heterocycles. The lowest BCUT2D eigenvalue weighted by molar-refractivity contribution is 0.317. The van der Waals surface area contributed by atoms with E-state index in [-0.39, 0.29) is 5.84 Å². The summed E-state index contributed by atoms with van der Waals surface area (Å²) in [6.07, 6.45) is 4.03. The van der Waals surface area contributed by atoms with Crippen molar-refractivity contribution in [2.75, 3.05) is 18.0 Å². The fraction of sp³-hybridized carbons (Fsp3) is 0.500. The van der Waals surface area contributed by atoms with Crippen LogP contribution < -0.4 is 10.6 Å². The third-order valence-corrected chi connectivity index (χ3v) is 2.20. The van der Waals surface area contributed by atoms with Gasteiger partial charge in [0, 0.05) is 31.9 Å². The Morgan fingerprint density at radius 2 is 2.12 bits per heavy atom. The van der Waals surface area contributed by atoms with Gasteiger partial charge in [0.15, 0.2) is 0 Å². The summed E-state index contributed by atoms with van der Waals surface area (Å²) >= 11 is 0. The smallest absolute Gasteiger partial charge is 0.225 e. The van der Waals surface area contributed by atoms with E-state index in [1.165, 1.54) is 0 Å². The van der Waals surface area contributed by atoms with Crippen LogP contribution >= 0.6 is 0 Å². The minimum absolute atomic E-state index is 0.213. The molecule has 1 rings (SSSR count). The molecule has 3 N–H and O–H groups in total. The van der Waals surface area contributed by atoms with Gasteiger partial charge in [0.2, 0.25) is 5.95 Å². The Morgan fingerprint density at radius 1 is 1.50 bits per heavy atom. The Balaban J connectivity index is 2.64. The predicted octanol–water partition coefficient (Wildman–Crippen LogP) is 0.748. The average Bonchev–Trinajstić information content (AvgIpc) is 2.31. The van der Waals surface area contributed by atoms with Crippen molar-refractivity contribution in [3.8, 4) is 0 Å². The van der Waals surface area contributed by atoms with E-state index in [0.29, 0.717) is 18.9 Å². The quantitative estimate of drug-likeness (QED) is 0.333. The van der Waals surface area contributed by atoms with Gasteiger partial charge in [0.1, 0.15) is 5.84 Å². The Labute approximate surface area is 94.8 Å². The molecule has 0 spiro atoms. The third kappa shape index (κ3) is 3.38. The molecular weight excluding hydrogens is 206 g/mol. The largest absolute Gasteiger partial charge is 0.409 e. The maximum absolute atomic E-state index is 8.44. The fourth-order valence-electron chi connectivity index (χ4n) is 1.25. The van der Waals surface area contributed by atoms with Crippen LogP contribution in [0.4, 0.5) is 5.95 Å². The summed E-state index contributed by atoms with van der Waals surface area (Å²) in [4.78, 5) is 10.4. The number of oxime groups is 1. The number of nitrogens with zero attached hydrogens (tertiary/aromatic N) is 4. The summed E-state index contributed by atoms with van der Waals surface area (Å²) < 4.78 is 0. The van der Waals surface area contributed by atoms with E-state index in [1.807, 2.05) is 18.7 Å². The maximum Gasteiger partial charge on any atom is 0.225 e. The SMILES string of the molecule is CCN(CCC(N)=NO)c1ncc(C)cn1. The zero-order valence-electron chi connectivity index (χ0n) is 9.59. The topological polar surface area (TPSA) is 87.6 Å². The monoisotopic (exact) mass is 223 g/mol. The Hall–Kier alpha value is -1.85. The number of nitrogens with two attached hydrogens (primary N) is 1. The van der Waals surface area contributed by atoms with Crippen molar-refractivity contribution in [2.24, 2.45) is 10.9 Å². The Morgan fingerprint density at radius 3 is 2.62 bits per heavy atom. The van der Waals surface area contributed by atoms with Crippen molar-refractivity contribution >= 4 is 11.8 Å². The van der Waals surface area contributed by atoms with Crippen LogP contribution in [0, 0.1) is 6.92 Å². The van der Waals surface area contributed by atoms with E-state index in [9.17, 15) is 0 Å². The highest BCUT2D eigenvalue weighted by atomic mass is 16.4. The normalized spacial score (nSPS) is 11.5. The van der Waals surface area contributed by atoms with Crippen molar-refractivity contribution in [3.63, 3.8) is 0 Å². The van der Waals surface area contributed by atoms with Crippen LogP contribution in [0.25, 0.3) is 0 Å². The van der Waals surface area contributed by atoms with Crippen molar-refractivity contribution in [3.05, 3.63) is 18.0 Å². The van der Waals surface area contributed by atoms with Crippen LogP contribution in [-0.4, -0.2) is 34.1 Å². The minimum atomic E-state index is 0.213. The van der Waals surface area contributed by atoms with Crippen molar-refractivity contribution in [1.82, 2.24) is 9.97 Å². The number of aryl methyl sites for hydroxylation is 1. The highest BCUT2D eigenvalue weighted by molar-refractivity contribution is 5.80. The number of hydrogen-bond acceptors (Lipinski definition) is 5. The van der Waals surface area contributed by atoms with Crippen LogP contribution in [0.2, 0.25) is 0 Å². The first-order chi connectivity index (χ1) is 7.67. The molecule has 0 aliphatic carbocycles. The van der Waals surface area contributed by atoms with Crippen molar-refractivity contribution < 1.29 is 5.21 Å². The summed E-state index contributed by atoms with van der Waals surface area (Å²) in [7, 11) is 0. The van der Waals surface area contributed by atoms with Gasteiger partial charge >= 0.3 is 0 Å². The van der Waals surface area contributed by atoms with Crippen LogP contribution in [0.15, 0.2) is 17.5 Å². The molecular formula is C10H17N5O. The molecule has 0 amide bonds. The fourth-order valence-corrected chi connectivity index (χ4v) is 1.25. The first kappa shape index (κ1) is 12.2. The summed E-state index contributed by atoms with van der Waals surface area (Å²) in [5.74, 6) is 0.879. The molecule has 0 aliphatic rings. The predicted molar refractivity (Wildman–Crippen MR) is 62.7 cm³/mol. The molecule has 6 nitrogen and oxygen atoms in total. The summed E-state index contributed by atoms with van der Waals surface area (Å²) in [5.41, 5.74) is 6.43. The standard InChI is InChI=1S/C10H17N5O/c1-3-15(5-4-9(11)14-16)10-12-6-8(2)7-13-10/h6-7,16H,3-5H2,1-2H3,(H2,11,14). The van der Waals surface area contributed by atoms with E-state index >= 15 is 0 Å². The van der Waals surface area contributed by atoms with Gasteiger partial charge in [-0.3, -0.25) is 0 Å². The van der Waals surface area contributed by atoms with Gasteiger partial charge in [-0.1, -0.05) is 5.16 Å². The lowest BCUT2D eigenvalue weighted by Crippen LogP contribution is -2.29. The van der Waals surface area contributed by atoms with E-state index in [1.54, 1.807) is 12.4 Å². The maximum atomic E-state index is 8.44. The highest BCUT2D eigenvalue weighted by Gasteiger charge is 2.07. The van der Waals surface area contributed by atoms with Crippen molar-refractivity contribution in [2.45, 2.75) is 20.3 Å². The lowest BCUT2D eigenvalue weighted by Gasteiger charge is -2.19. The zero-order chi connectivity index (χ0) is 12.0. The molecule has 0 unspecified atom stereocenters. The van der Waals surface area contributed by atoms with Crippen LogP contribution in [0.5, 0.6) is 0 Å². The molecule has 6 heteroatoms. The van der Waals surface area contributed by atoms with E-state index < -0.39 is 0 Å². The molecule has 1 heterocycles. The van der Waals surface area contributed by atoms with E-state index in [4.69, 9.17) is 10.9 Å². The molecule has 0 saturated heterocycles. The molecule has 0 radical (unpaired) electrons. The highest BCUT2D eigenvalue weighted by Crippen LogP contribution is 2.06. The second-order valence-corrected chi connectivity index (χ2v) is 3.48. The van der Waals surface area contributed by atoms with Gasteiger partial charge < -0.3 is 15.8 Å². The second-order valence-electron chi connectivity index (χ2n) is 3.48. The number of aromatic nitrogens is 2. The van der Waals surface area contributed by atoms with E-state index in [2.05, 4.69) is 15.1 Å². The lowest BCUT2D eigenvalue weighted by atomic mass is 10.3. The number of anilines is 1. The zero-order valence-corrected chi connectivity index (χ0v) is 9.59. The van der Waals surface area contributed by atoms with Crippen LogP contribution in [0.3, 0.4) is 0 Å².